The maximum absolute atomic E-state index is 5.60. The zero-order chi connectivity index (χ0) is 12.5. The summed E-state index contributed by atoms with van der Waals surface area (Å²) >= 11 is 3.11. The molecule has 18 heavy (non-hydrogen) atoms. The smallest absolute Gasteiger partial charge is 0.180 e. The van der Waals surface area contributed by atoms with Crippen molar-refractivity contribution in [2.75, 3.05) is 5.73 Å². The molecule has 0 radical (unpaired) electrons. The first-order valence-corrected chi connectivity index (χ1v) is 7.36. The van der Waals surface area contributed by atoms with E-state index in [9.17, 15) is 0 Å². The van der Waals surface area contributed by atoms with Gasteiger partial charge in [-0.15, -0.1) is 11.3 Å². The number of fused-ring (bicyclic) bond motifs is 1. The minimum Gasteiger partial charge on any atom is -0.375 e. The van der Waals surface area contributed by atoms with E-state index in [4.69, 9.17) is 5.73 Å². The molecule has 0 aliphatic heterocycles. The van der Waals surface area contributed by atoms with Gasteiger partial charge >= 0.3 is 0 Å². The molecule has 2 heterocycles. The van der Waals surface area contributed by atoms with Gasteiger partial charge in [0.1, 0.15) is 0 Å². The van der Waals surface area contributed by atoms with Crippen molar-refractivity contribution in [2.45, 2.75) is 17.8 Å². The van der Waals surface area contributed by atoms with E-state index in [1.54, 1.807) is 11.8 Å². The number of aromatic amines is 1. The fourth-order valence-electron chi connectivity index (χ4n) is 1.70. The highest BCUT2D eigenvalue weighted by Gasteiger charge is 2.05. The normalized spacial score (nSPS) is 11.2. The van der Waals surface area contributed by atoms with Gasteiger partial charge in [0.05, 0.1) is 16.7 Å². The first-order valence-electron chi connectivity index (χ1n) is 5.50. The number of nitrogen functional groups attached to an aromatic ring is 1. The van der Waals surface area contributed by atoms with Crippen LogP contribution in [0.15, 0.2) is 28.7 Å². The lowest BCUT2D eigenvalue weighted by molar-refractivity contribution is 1.07. The summed E-state index contributed by atoms with van der Waals surface area (Å²) in [5, 5.41) is 3.52. The minimum atomic E-state index is 0.617. The van der Waals surface area contributed by atoms with Gasteiger partial charge in [-0.1, -0.05) is 17.8 Å². The molecule has 3 aromatic rings. The molecule has 0 saturated carbocycles. The molecule has 0 amide bonds. The number of aryl methyl sites for hydroxylation is 1. The Morgan fingerprint density at radius 3 is 3.06 bits per heavy atom. The summed E-state index contributed by atoms with van der Waals surface area (Å²) in [6.45, 7) is 2.07. The third-order valence-corrected chi connectivity index (χ3v) is 4.17. The number of nitrogens with one attached hydrogen (secondary N) is 1. The number of imidazole rings is 1. The molecule has 0 aliphatic rings. The molecule has 0 saturated heterocycles. The number of thioether (sulfide) groups is 1. The molecule has 0 spiro atoms. The minimum absolute atomic E-state index is 0.617. The largest absolute Gasteiger partial charge is 0.375 e. The van der Waals surface area contributed by atoms with E-state index >= 15 is 0 Å². The zero-order valence-electron chi connectivity index (χ0n) is 9.80. The van der Waals surface area contributed by atoms with Crippen LogP contribution < -0.4 is 5.73 Å². The van der Waals surface area contributed by atoms with Crippen LogP contribution in [0, 0.1) is 6.92 Å². The van der Waals surface area contributed by atoms with Crippen LogP contribution in [-0.2, 0) is 5.75 Å². The first kappa shape index (κ1) is 11.6. The highest BCUT2D eigenvalue weighted by Crippen LogP contribution is 2.24. The van der Waals surface area contributed by atoms with Crippen molar-refractivity contribution in [1.82, 2.24) is 15.0 Å². The van der Waals surface area contributed by atoms with E-state index in [1.807, 2.05) is 11.4 Å². The van der Waals surface area contributed by atoms with Crippen molar-refractivity contribution in [1.29, 1.82) is 0 Å². The molecule has 3 N–H and O–H groups in total. The lowest BCUT2D eigenvalue weighted by atomic mass is 10.2. The fourth-order valence-corrected chi connectivity index (χ4v) is 3.15. The standard InChI is InChI=1S/C12H12N4S2/c1-7-2-3-9-10(4-7)16-12(15-9)18-6-8-5-17-11(13)14-8/h2-5H,6H2,1H3,(H2,13,14)(H,15,16). The quantitative estimate of drug-likeness (QED) is 0.721. The Kier molecular flexibility index (Phi) is 2.97. The van der Waals surface area contributed by atoms with Gasteiger partial charge in [-0.05, 0) is 24.6 Å². The second-order valence-electron chi connectivity index (χ2n) is 4.03. The van der Waals surface area contributed by atoms with Gasteiger partial charge in [0.15, 0.2) is 10.3 Å². The summed E-state index contributed by atoms with van der Waals surface area (Å²) < 4.78 is 0. The maximum Gasteiger partial charge on any atom is 0.180 e. The van der Waals surface area contributed by atoms with Gasteiger partial charge < -0.3 is 10.7 Å². The van der Waals surface area contributed by atoms with Crippen molar-refractivity contribution >= 4 is 39.3 Å². The van der Waals surface area contributed by atoms with Crippen molar-refractivity contribution in [3.8, 4) is 0 Å². The van der Waals surface area contributed by atoms with E-state index in [2.05, 4.69) is 34.0 Å². The van der Waals surface area contributed by atoms with Crippen LogP contribution in [0.25, 0.3) is 11.0 Å². The lowest BCUT2D eigenvalue weighted by Gasteiger charge is -1.92. The monoisotopic (exact) mass is 276 g/mol. The van der Waals surface area contributed by atoms with Crippen molar-refractivity contribution < 1.29 is 0 Å². The summed E-state index contributed by atoms with van der Waals surface area (Å²) in [5.74, 6) is 0.784. The van der Waals surface area contributed by atoms with E-state index in [0.29, 0.717) is 5.13 Å². The molecule has 0 fully saturated rings. The number of thiazole rings is 1. The van der Waals surface area contributed by atoms with Crippen LogP contribution in [0.5, 0.6) is 0 Å². The Morgan fingerprint density at radius 1 is 1.39 bits per heavy atom. The van der Waals surface area contributed by atoms with E-state index in [0.717, 1.165) is 27.6 Å². The Balaban J connectivity index is 1.78. The van der Waals surface area contributed by atoms with E-state index in [-0.39, 0.29) is 0 Å². The first-order chi connectivity index (χ1) is 8.70. The van der Waals surface area contributed by atoms with Crippen LogP contribution in [-0.4, -0.2) is 15.0 Å². The SMILES string of the molecule is Cc1ccc2nc(SCc3csc(N)n3)[nH]c2c1. The van der Waals surface area contributed by atoms with Crippen LogP contribution in [0.2, 0.25) is 0 Å². The molecule has 0 aliphatic carbocycles. The summed E-state index contributed by atoms with van der Waals surface area (Å²) in [5.41, 5.74) is 9.91. The third-order valence-electron chi connectivity index (χ3n) is 2.54. The highest BCUT2D eigenvalue weighted by atomic mass is 32.2. The highest BCUT2D eigenvalue weighted by molar-refractivity contribution is 7.98. The Morgan fingerprint density at radius 2 is 2.28 bits per heavy atom. The second kappa shape index (κ2) is 4.62. The summed E-state index contributed by atoms with van der Waals surface area (Å²) in [4.78, 5) is 12.1. The summed E-state index contributed by atoms with van der Waals surface area (Å²) in [6.07, 6.45) is 0. The Bertz CT molecular complexity index is 686. The number of benzene rings is 1. The molecule has 92 valence electrons. The van der Waals surface area contributed by atoms with Crippen molar-refractivity contribution in [3.05, 3.63) is 34.8 Å². The summed E-state index contributed by atoms with van der Waals surface area (Å²) in [7, 11) is 0. The number of hydrogen-bond donors (Lipinski definition) is 2. The van der Waals surface area contributed by atoms with Gasteiger partial charge in [0.25, 0.3) is 0 Å². The third kappa shape index (κ3) is 2.34. The van der Waals surface area contributed by atoms with Crippen molar-refractivity contribution in [2.24, 2.45) is 0 Å². The topological polar surface area (TPSA) is 67.6 Å². The van der Waals surface area contributed by atoms with Gasteiger partial charge in [-0.25, -0.2) is 9.97 Å². The molecular formula is C12H12N4S2. The predicted molar refractivity (Wildman–Crippen MR) is 76.9 cm³/mol. The Labute approximate surface area is 113 Å². The van der Waals surface area contributed by atoms with Crippen LogP contribution in [0.3, 0.4) is 0 Å². The summed E-state index contributed by atoms with van der Waals surface area (Å²) in [6, 6.07) is 6.21. The molecule has 6 heteroatoms. The molecular weight excluding hydrogens is 264 g/mol. The molecule has 0 atom stereocenters. The number of hydrogen-bond acceptors (Lipinski definition) is 5. The number of nitrogens with two attached hydrogens (primary N) is 1. The fraction of sp³-hybridized carbons (Fsp3) is 0.167. The average molecular weight is 276 g/mol. The maximum atomic E-state index is 5.60. The lowest BCUT2D eigenvalue weighted by Crippen LogP contribution is -1.85. The van der Waals surface area contributed by atoms with Gasteiger partial charge in [0, 0.05) is 11.1 Å². The second-order valence-corrected chi connectivity index (χ2v) is 5.88. The molecule has 2 aromatic heterocycles. The van der Waals surface area contributed by atoms with Gasteiger partial charge in [-0.3, -0.25) is 0 Å². The number of aromatic nitrogens is 3. The van der Waals surface area contributed by atoms with Gasteiger partial charge in [-0.2, -0.15) is 0 Å². The zero-order valence-corrected chi connectivity index (χ0v) is 11.4. The number of anilines is 1. The predicted octanol–water partition coefficient (Wildman–Crippen LogP) is 3.20. The Hall–Kier alpha value is -1.53. The van der Waals surface area contributed by atoms with Crippen LogP contribution >= 0.6 is 23.1 Å². The number of H-pyrrole nitrogens is 1. The molecule has 4 nitrogen and oxygen atoms in total. The van der Waals surface area contributed by atoms with Crippen LogP contribution in [0.4, 0.5) is 5.13 Å². The van der Waals surface area contributed by atoms with E-state index < -0.39 is 0 Å². The molecule has 3 rings (SSSR count). The molecule has 0 unspecified atom stereocenters. The number of nitrogens with zero attached hydrogens (tertiary/aromatic N) is 2. The van der Waals surface area contributed by atoms with Gasteiger partial charge in [0.2, 0.25) is 0 Å². The van der Waals surface area contributed by atoms with Crippen LogP contribution in [0.1, 0.15) is 11.3 Å². The average Bonchev–Trinajstić information content (AvgIpc) is 2.92. The molecule has 1 aromatic carbocycles. The number of rotatable bonds is 3. The molecule has 0 bridgehead atoms. The van der Waals surface area contributed by atoms with E-state index in [1.165, 1.54) is 16.9 Å². The van der Waals surface area contributed by atoms with Crippen molar-refractivity contribution in [3.63, 3.8) is 0 Å².